The fourth-order valence-corrected chi connectivity index (χ4v) is 2.35. The van der Waals surface area contributed by atoms with Crippen LogP contribution in [0.3, 0.4) is 0 Å². The average Bonchev–Trinajstić information content (AvgIpc) is 2.38. The molecule has 1 nitrogen and oxygen atoms in total. The predicted molar refractivity (Wildman–Crippen MR) is 77.1 cm³/mol. The molecule has 1 N–H and O–H groups in total. The maximum Gasteiger partial charge on any atom is 0.446 e. The Morgan fingerprint density at radius 1 is 1.00 bits per heavy atom. The predicted octanol–water partition coefficient (Wildman–Crippen LogP) is 5.56. The maximum absolute atomic E-state index is 12.2. The molecule has 0 radical (unpaired) electrons. The molecule has 0 bridgehead atoms. The molecule has 0 aliphatic heterocycles. The molecule has 0 aliphatic carbocycles. The lowest BCUT2D eigenvalue weighted by Gasteiger charge is -2.09. The van der Waals surface area contributed by atoms with Crippen LogP contribution in [-0.2, 0) is 6.54 Å². The van der Waals surface area contributed by atoms with Gasteiger partial charge in [-0.3, -0.25) is 0 Å². The van der Waals surface area contributed by atoms with Gasteiger partial charge in [0.15, 0.2) is 0 Å². The van der Waals surface area contributed by atoms with Crippen LogP contribution in [0.4, 0.5) is 18.9 Å². The van der Waals surface area contributed by atoms with Gasteiger partial charge in [0.05, 0.1) is 10.7 Å². The highest BCUT2D eigenvalue weighted by Crippen LogP contribution is 2.36. The summed E-state index contributed by atoms with van der Waals surface area (Å²) < 4.78 is 36.6. The van der Waals surface area contributed by atoms with Gasteiger partial charge in [0.25, 0.3) is 0 Å². The van der Waals surface area contributed by atoms with E-state index in [2.05, 4.69) is 5.32 Å². The van der Waals surface area contributed by atoms with Crippen molar-refractivity contribution in [3.63, 3.8) is 0 Å². The first-order chi connectivity index (χ1) is 9.44. The normalized spacial score (nSPS) is 11.4. The van der Waals surface area contributed by atoms with Gasteiger partial charge in [-0.25, -0.2) is 0 Å². The van der Waals surface area contributed by atoms with E-state index in [4.69, 9.17) is 11.6 Å². The molecule has 6 heteroatoms. The zero-order chi connectivity index (χ0) is 14.6. The molecule has 0 saturated heterocycles. The summed E-state index contributed by atoms with van der Waals surface area (Å²) in [5.74, 6) is 0. The first-order valence-corrected chi connectivity index (χ1v) is 6.96. The minimum atomic E-state index is -4.25. The zero-order valence-electron chi connectivity index (χ0n) is 10.2. The Hall–Kier alpha value is -1.33. The largest absolute Gasteiger partial charge is 0.446 e. The van der Waals surface area contributed by atoms with E-state index in [0.29, 0.717) is 11.6 Å². The summed E-state index contributed by atoms with van der Waals surface area (Å²) in [4.78, 5) is 0.180. The van der Waals surface area contributed by atoms with Crippen LogP contribution in [0.25, 0.3) is 0 Å². The quantitative estimate of drug-likeness (QED) is 0.740. The molecule has 0 amide bonds. The summed E-state index contributed by atoms with van der Waals surface area (Å²) in [6.07, 6.45) is 0. The Labute approximate surface area is 124 Å². The summed E-state index contributed by atoms with van der Waals surface area (Å²) in [6.45, 7) is 0.501. The summed E-state index contributed by atoms with van der Waals surface area (Å²) in [5.41, 5.74) is -2.57. The van der Waals surface area contributed by atoms with Crippen LogP contribution >= 0.6 is 23.4 Å². The Bertz CT molecular complexity index is 569. The van der Waals surface area contributed by atoms with E-state index in [1.54, 1.807) is 18.2 Å². The van der Waals surface area contributed by atoms with Crippen molar-refractivity contribution < 1.29 is 13.2 Å². The third-order valence-electron chi connectivity index (χ3n) is 2.51. The van der Waals surface area contributed by atoms with Crippen LogP contribution in [0, 0.1) is 0 Å². The number of halogens is 4. The smallest absolute Gasteiger partial charge is 0.380 e. The monoisotopic (exact) mass is 317 g/mol. The molecule has 106 valence electrons. The van der Waals surface area contributed by atoms with Crippen LogP contribution in [0.2, 0.25) is 5.02 Å². The highest BCUT2D eigenvalue weighted by atomic mass is 35.5. The molecule has 0 heterocycles. The first kappa shape index (κ1) is 15.1. The lowest BCUT2D eigenvalue weighted by molar-refractivity contribution is -0.0328. The second-order valence-corrected chi connectivity index (χ2v) is 5.57. The van der Waals surface area contributed by atoms with Crippen LogP contribution in [0.15, 0.2) is 53.4 Å². The molecule has 0 spiro atoms. The van der Waals surface area contributed by atoms with Gasteiger partial charge in [0, 0.05) is 11.4 Å². The average molecular weight is 318 g/mol. The number of rotatable bonds is 4. The third-order valence-corrected chi connectivity index (χ3v) is 3.58. The van der Waals surface area contributed by atoms with Crippen molar-refractivity contribution >= 4 is 29.1 Å². The number of alkyl halides is 3. The highest BCUT2D eigenvalue weighted by Gasteiger charge is 2.28. The Morgan fingerprint density at radius 3 is 2.25 bits per heavy atom. The van der Waals surface area contributed by atoms with Crippen LogP contribution < -0.4 is 5.32 Å². The molecule has 2 aromatic carbocycles. The molecule has 2 aromatic rings. The standard InChI is InChI=1S/C14H11ClF3NS/c15-12-3-1-2-4-13(12)19-9-10-5-7-11(8-6-10)20-14(16,17)18/h1-8,19H,9H2. The minimum absolute atomic E-state index is 0.115. The lowest BCUT2D eigenvalue weighted by Crippen LogP contribution is -2.01. The van der Waals surface area contributed by atoms with Gasteiger partial charge in [-0.15, -0.1) is 0 Å². The molecule has 0 atom stereocenters. The van der Waals surface area contributed by atoms with Crippen molar-refractivity contribution in [1.82, 2.24) is 0 Å². The van der Waals surface area contributed by atoms with Gasteiger partial charge >= 0.3 is 5.51 Å². The van der Waals surface area contributed by atoms with Gasteiger partial charge in [0.2, 0.25) is 0 Å². The number of anilines is 1. The van der Waals surface area contributed by atoms with Gasteiger partial charge in [0.1, 0.15) is 0 Å². The van der Waals surface area contributed by atoms with Crippen molar-refractivity contribution in [3.8, 4) is 0 Å². The second-order valence-electron chi connectivity index (χ2n) is 4.03. The van der Waals surface area contributed by atoms with Crippen LogP contribution in [0.1, 0.15) is 5.56 Å². The Morgan fingerprint density at radius 2 is 1.65 bits per heavy atom. The number of para-hydroxylation sites is 1. The number of benzene rings is 2. The minimum Gasteiger partial charge on any atom is -0.380 e. The molecule has 0 unspecified atom stereocenters. The number of nitrogens with one attached hydrogen (secondary N) is 1. The van der Waals surface area contributed by atoms with Gasteiger partial charge < -0.3 is 5.32 Å². The highest BCUT2D eigenvalue weighted by molar-refractivity contribution is 8.00. The topological polar surface area (TPSA) is 12.0 Å². The molecule has 0 saturated carbocycles. The zero-order valence-corrected chi connectivity index (χ0v) is 11.8. The van der Waals surface area contributed by atoms with E-state index >= 15 is 0 Å². The molecule has 0 aliphatic rings. The maximum atomic E-state index is 12.2. The summed E-state index contributed by atoms with van der Waals surface area (Å²) in [6, 6.07) is 13.6. The summed E-state index contributed by atoms with van der Waals surface area (Å²) in [5, 5.41) is 3.74. The van der Waals surface area contributed by atoms with E-state index in [-0.39, 0.29) is 16.7 Å². The molecule has 2 rings (SSSR count). The van der Waals surface area contributed by atoms with E-state index < -0.39 is 5.51 Å². The van der Waals surface area contributed by atoms with E-state index in [9.17, 15) is 13.2 Å². The molecular formula is C14H11ClF3NS. The third kappa shape index (κ3) is 4.65. The second kappa shape index (κ2) is 6.41. The molecule has 0 aromatic heterocycles. The van der Waals surface area contributed by atoms with Crippen molar-refractivity contribution in [1.29, 1.82) is 0 Å². The Balaban J connectivity index is 1.96. The van der Waals surface area contributed by atoms with Crippen LogP contribution in [-0.4, -0.2) is 5.51 Å². The summed E-state index contributed by atoms with van der Waals surface area (Å²) in [7, 11) is 0. The van der Waals surface area contributed by atoms with E-state index in [0.717, 1.165) is 11.3 Å². The summed E-state index contributed by atoms with van der Waals surface area (Å²) >= 11 is 5.88. The van der Waals surface area contributed by atoms with Gasteiger partial charge in [-0.2, -0.15) is 13.2 Å². The van der Waals surface area contributed by atoms with Gasteiger partial charge in [-0.05, 0) is 41.6 Å². The number of hydrogen-bond donors (Lipinski definition) is 1. The lowest BCUT2D eigenvalue weighted by atomic mass is 10.2. The fraction of sp³-hybridized carbons (Fsp3) is 0.143. The Kier molecular flexibility index (Phi) is 4.83. The fourth-order valence-electron chi connectivity index (χ4n) is 1.61. The van der Waals surface area contributed by atoms with Gasteiger partial charge in [-0.1, -0.05) is 35.9 Å². The SMILES string of the molecule is FC(F)(F)Sc1ccc(CNc2ccccc2Cl)cc1. The van der Waals surface area contributed by atoms with Crippen LogP contribution in [0.5, 0.6) is 0 Å². The van der Waals surface area contributed by atoms with E-state index in [1.165, 1.54) is 12.1 Å². The molecule has 20 heavy (non-hydrogen) atoms. The first-order valence-electron chi connectivity index (χ1n) is 5.77. The number of hydrogen-bond acceptors (Lipinski definition) is 2. The molecule has 0 fully saturated rings. The van der Waals surface area contributed by atoms with Crippen molar-refractivity contribution in [2.75, 3.05) is 5.32 Å². The number of thioether (sulfide) groups is 1. The van der Waals surface area contributed by atoms with Crippen molar-refractivity contribution in [2.45, 2.75) is 16.9 Å². The van der Waals surface area contributed by atoms with Crippen molar-refractivity contribution in [2.24, 2.45) is 0 Å². The van der Waals surface area contributed by atoms with E-state index in [1.807, 2.05) is 18.2 Å². The van der Waals surface area contributed by atoms with Crippen molar-refractivity contribution in [3.05, 3.63) is 59.1 Å². The molecular weight excluding hydrogens is 307 g/mol.